The predicted molar refractivity (Wildman–Crippen MR) is 31.3 cm³/mol. The molecule has 0 saturated carbocycles. The van der Waals surface area contributed by atoms with Crippen LogP contribution >= 0.6 is 0 Å². The number of imidazole rings is 1. The molecule has 1 aromatic rings. The Morgan fingerprint density at radius 2 is 2.50 bits per heavy atom. The summed E-state index contributed by atoms with van der Waals surface area (Å²) in [7, 11) is 2.01. The topological polar surface area (TPSA) is 19.7 Å². The minimum absolute atomic E-state index is 1.08. The van der Waals surface area contributed by atoms with E-state index in [1.807, 2.05) is 17.9 Å². The van der Waals surface area contributed by atoms with Gasteiger partial charge in [0.05, 0.1) is 7.05 Å². The summed E-state index contributed by atoms with van der Waals surface area (Å²) >= 11 is 0. The highest BCUT2D eigenvalue weighted by molar-refractivity contribution is 4.87. The average molecular weight is 111 g/mol. The lowest BCUT2D eigenvalue weighted by molar-refractivity contribution is -0.670. The van der Waals surface area contributed by atoms with E-state index in [1.165, 1.54) is 5.69 Å². The van der Waals surface area contributed by atoms with Crippen LogP contribution in [0.5, 0.6) is 0 Å². The molecule has 0 fully saturated rings. The first-order chi connectivity index (χ1) is 3.83. The first kappa shape index (κ1) is 5.35. The van der Waals surface area contributed by atoms with Gasteiger partial charge in [-0.2, -0.15) is 0 Å². The van der Waals surface area contributed by atoms with Crippen molar-refractivity contribution in [2.45, 2.75) is 13.3 Å². The van der Waals surface area contributed by atoms with Crippen LogP contribution < -0.4 is 4.57 Å². The molecule has 0 aromatic carbocycles. The van der Waals surface area contributed by atoms with E-state index >= 15 is 0 Å². The maximum absolute atomic E-state index is 3.12. The summed E-state index contributed by atoms with van der Waals surface area (Å²) in [5.41, 5.74) is 1.28. The summed E-state index contributed by atoms with van der Waals surface area (Å²) in [5.74, 6) is 0. The maximum atomic E-state index is 3.12. The molecule has 1 heterocycles. The zero-order valence-corrected chi connectivity index (χ0v) is 5.31. The van der Waals surface area contributed by atoms with Gasteiger partial charge in [0, 0.05) is 6.42 Å². The molecule has 0 bridgehead atoms. The van der Waals surface area contributed by atoms with Crippen molar-refractivity contribution in [1.29, 1.82) is 0 Å². The van der Waals surface area contributed by atoms with E-state index in [0.717, 1.165) is 6.42 Å². The van der Waals surface area contributed by atoms with Crippen molar-refractivity contribution in [2.24, 2.45) is 7.05 Å². The predicted octanol–water partition coefficient (Wildman–Crippen LogP) is 0.402. The van der Waals surface area contributed by atoms with Crippen molar-refractivity contribution in [3.05, 3.63) is 18.2 Å². The molecule has 1 rings (SSSR count). The van der Waals surface area contributed by atoms with E-state index in [0.29, 0.717) is 0 Å². The van der Waals surface area contributed by atoms with Gasteiger partial charge < -0.3 is 0 Å². The average Bonchev–Trinajstić information content (AvgIpc) is 2.14. The third-order valence-electron chi connectivity index (χ3n) is 1.19. The van der Waals surface area contributed by atoms with Gasteiger partial charge >= 0.3 is 0 Å². The molecular weight excluding hydrogens is 100 g/mol. The van der Waals surface area contributed by atoms with Crippen molar-refractivity contribution in [3.8, 4) is 0 Å². The molecule has 8 heavy (non-hydrogen) atoms. The molecular formula is C6H11N2+. The highest BCUT2D eigenvalue weighted by Gasteiger charge is 1.95. The summed E-state index contributed by atoms with van der Waals surface area (Å²) in [6.45, 7) is 2.13. The molecule has 0 aliphatic carbocycles. The molecule has 0 unspecified atom stereocenters. The van der Waals surface area contributed by atoms with Gasteiger partial charge in [0.1, 0.15) is 11.9 Å². The minimum Gasteiger partial charge on any atom is -0.248 e. The fourth-order valence-electron chi connectivity index (χ4n) is 0.698. The van der Waals surface area contributed by atoms with Gasteiger partial charge in [-0.15, -0.1) is 0 Å². The Balaban J connectivity index is 2.84. The summed E-state index contributed by atoms with van der Waals surface area (Å²) < 4.78 is 2.01. The van der Waals surface area contributed by atoms with Crippen molar-refractivity contribution < 1.29 is 4.57 Å². The lowest BCUT2D eigenvalue weighted by atomic mass is 10.4. The zero-order valence-electron chi connectivity index (χ0n) is 5.31. The summed E-state index contributed by atoms with van der Waals surface area (Å²) in [6, 6.07) is 0. The van der Waals surface area contributed by atoms with E-state index < -0.39 is 0 Å². The lowest BCUT2D eigenvalue weighted by Crippen LogP contribution is -2.22. The number of hydrogen-bond donors (Lipinski definition) is 1. The molecule has 1 aromatic heterocycles. The van der Waals surface area contributed by atoms with Crippen LogP contribution in [0.15, 0.2) is 12.5 Å². The number of rotatable bonds is 1. The Bertz CT molecular complexity index is 167. The van der Waals surface area contributed by atoms with Crippen LogP contribution in [-0.4, -0.2) is 4.98 Å². The zero-order chi connectivity index (χ0) is 5.98. The monoisotopic (exact) mass is 111 g/mol. The third-order valence-corrected chi connectivity index (χ3v) is 1.19. The van der Waals surface area contributed by atoms with Gasteiger partial charge in [0.2, 0.25) is 6.33 Å². The standard InChI is InChI=1S/C6H10N2/c1-3-6-4-8(2)5-7-6/h4-5H,3H2,1-2H3/p+1. The Morgan fingerprint density at radius 3 is 2.75 bits per heavy atom. The Labute approximate surface area is 49.2 Å². The second-order valence-electron chi connectivity index (χ2n) is 1.95. The van der Waals surface area contributed by atoms with Crippen LogP contribution in [0.3, 0.4) is 0 Å². The molecule has 0 aliphatic heterocycles. The Hall–Kier alpha value is -0.790. The minimum atomic E-state index is 1.08. The molecule has 0 aliphatic rings. The van der Waals surface area contributed by atoms with Crippen molar-refractivity contribution in [3.63, 3.8) is 0 Å². The number of aryl methyl sites for hydroxylation is 2. The van der Waals surface area contributed by atoms with Crippen LogP contribution in [0.2, 0.25) is 0 Å². The van der Waals surface area contributed by atoms with Crippen molar-refractivity contribution in [1.82, 2.24) is 4.98 Å². The first-order valence-corrected chi connectivity index (χ1v) is 2.85. The smallest absolute Gasteiger partial charge is 0.241 e. The van der Waals surface area contributed by atoms with E-state index in [4.69, 9.17) is 0 Å². The van der Waals surface area contributed by atoms with Crippen molar-refractivity contribution >= 4 is 0 Å². The lowest BCUT2D eigenvalue weighted by Gasteiger charge is -1.74. The highest BCUT2D eigenvalue weighted by atomic mass is 15.0. The first-order valence-electron chi connectivity index (χ1n) is 2.85. The number of aromatic amines is 1. The highest BCUT2D eigenvalue weighted by Crippen LogP contribution is 1.86. The molecule has 0 atom stereocenters. The summed E-state index contributed by atoms with van der Waals surface area (Å²) in [6.07, 6.45) is 5.11. The van der Waals surface area contributed by atoms with Gasteiger partial charge in [0.25, 0.3) is 0 Å². The number of hydrogen-bond acceptors (Lipinski definition) is 0. The molecule has 2 nitrogen and oxygen atoms in total. The fraction of sp³-hybridized carbons (Fsp3) is 0.500. The molecule has 2 heteroatoms. The molecule has 0 spiro atoms. The van der Waals surface area contributed by atoms with E-state index in [-0.39, 0.29) is 0 Å². The number of aromatic nitrogens is 2. The molecule has 0 radical (unpaired) electrons. The number of nitrogens with one attached hydrogen (secondary N) is 1. The van der Waals surface area contributed by atoms with E-state index in [9.17, 15) is 0 Å². The normalized spacial score (nSPS) is 9.75. The van der Waals surface area contributed by atoms with Gasteiger partial charge in [-0.25, -0.2) is 9.55 Å². The maximum Gasteiger partial charge on any atom is 0.241 e. The largest absolute Gasteiger partial charge is 0.248 e. The molecule has 44 valence electrons. The number of nitrogens with zero attached hydrogens (tertiary/aromatic N) is 1. The molecule has 0 amide bonds. The summed E-state index contributed by atoms with van der Waals surface area (Å²) in [4.78, 5) is 3.12. The van der Waals surface area contributed by atoms with Crippen LogP contribution in [0.25, 0.3) is 0 Å². The Morgan fingerprint density at radius 1 is 1.75 bits per heavy atom. The summed E-state index contributed by atoms with van der Waals surface area (Å²) in [5, 5.41) is 0. The van der Waals surface area contributed by atoms with Crippen LogP contribution in [0, 0.1) is 0 Å². The van der Waals surface area contributed by atoms with E-state index in [1.54, 1.807) is 0 Å². The van der Waals surface area contributed by atoms with Gasteiger partial charge in [-0.3, -0.25) is 0 Å². The Kier molecular flexibility index (Phi) is 1.33. The number of H-pyrrole nitrogens is 1. The molecule has 0 saturated heterocycles. The molecule has 1 N–H and O–H groups in total. The second kappa shape index (κ2) is 1.99. The van der Waals surface area contributed by atoms with Crippen LogP contribution in [0.4, 0.5) is 0 Å². The van der Waals surface area contributed by atoms with Crippen LogP contribution in [0.1, 0.15) is 12.6 Å². The van der Waals surface area contributed by atoms with E-state index in [2.05, 4.69) is 18.1 Å². The third kappa shape index (κ3) is 0.886. The van der Waals surface area contributed by atoms with Gasteiger partial charge in [-0.05, 0) is 0 Å². The fourth-order valence-corrected chi connectivity index (χ4v) is 0.698. The van der Waals surface area contributed by atoms with Crippen LogP contribution in [-0.2, 0) is 13.5 Å². The van der Waals surface area contributed by atoms with Gasteiger partial charge in [-0.1, -0.05) is 6.92 Å². The SMILES string of the molecule is CCc1c[n+](C)c[nH]1. The van der Waals surface area contributed by atoms with Gasteiger partial charge in [0.15, 0.2) is 0 Å². The van der Waals surface area contributed by atoms with Crippen molar-refractivity contribution in [2.75, 3.05) is 0 Å². The quantitative estimate of drug-likeness (QED) is 0.506. The second-order valence-corrected chi connectivity index (χ2v) is 1.95.